The van der Waals surface area contributed by atoms with Gasteiger partial charge in [-0.1, -0.05) is 26.8 Å². The predicted molar refractivity (Wildman–Crippen MR) is 71.5 cm³/mol. The van der Waals surface area contributed by atoms with Crippen LogP contribution in [0.3, 0.4) is 0 Å². The van der Waals surface area contributed by atoms with Gasteiger partial charge in [-0.05, 0) is 12.1 Å². The van der Waals surface area contributed by atoms with Gasteiger partial charge in [-0.2, -0.15) is 0 Å². The van der Waals surface area contributed by atoms with Gasteiger partial charge in [0, 0.05) is 5.41 Å². The van der Waals surface area contributed by atoms with Gasteiger partial charge in [0.15, 0.2) is 6.61 Å². The molecule has 0 fully saturated rings. The van der Waals surface area contributed by atoms with Crippen LogP contribution in [0.15, 0.2) is 18.2 Å². The monoisotopic (exact) mass is 265 g/mol. The molecule has 0 atom stereocenters. The molecule has 0 aliphatic heterocycles. The lowest BCUT2D eigenvalue weighted by molar-refractivity contribution is -0.139. The van der Waals surface area contributed by atoms with E-state index < -0.39 is 5.97 Å². The molecule has 0 aliphatic rings. The molecule has 1 aromatic carbocycles. The van der Waals surface area contributed by atoms with Crippen molar-refractivity contribution in [2.75, 3.05) is 6.61 Å². The van der Waals surface area contributed by atoms with Gasteiger partial charge in [0.25, 0.3) is 0 Å². The molecule has 0 radical (unpaired) electrons. The molecule has 0 aliphatic carbocycles. The second-order valence-electron chi connectivity index (χ2n) is 5.05. The zero-order valence-electron chi connectivity index (χ0n) is 10.6. The number of fused-ring (bicyclic) bond motifs is 1. The van der Waals surface area contributed by atoms with E-state index in [4.69, 9.17) is 9.84 Å². The van der Waals surface area contributed by atoms with Crippen molar-refractivity contribution < 1.29 is 14.6 Å². The number of para-hydroxylation sites is 1. The first-order valence-electron chi connectivity index (χ1n) is 5.62. The summed E-state index contributed by atoms with van der Waals surface area (Å²) >= 11 is 1.61. The number of nitrogens with zero attached hydrogens (tertiary/aromatic N) is 1. The topological polar surface area (TPSA) is 59.4 Å². The van der Waals surface area contributed by atoms with E-state index in [2.05, 4.69) is 25.8 Å². The minimum absolute atomic E-state index is 0.0201. The number of carboxylic acids is 1. The Kier molecular flexibility index (Phi) is 3.26. The van der Waals surface area contributed by atoms with Crippen molar-refractivity contribution in [3.05, 3.63) is 23.2 Å². The number of hydrogen-bond donors (Lipinski definition) is 1. The summed E-state index contributed by atoms with van der Waals surface area (Å²) in [7, 11) is 0. The predicted octanol–water partition coefficient (Wildman–Crippen LogP) is 3.06. The minimum atomic E-state index is -0.988. The zero-order valence-corrected chi connectivity index (χ0v) is 11.4. The maximum Gasteiger partial charge on any atom is 0.341 e. The van der Waals surface area contributed by atoms with Gasteiger partial charge in [0.1, 0.15) is 11.3 Å². The number of hydrogen-bond acceptors (Lipinski definition) is 4. The molecule has 96 valence electrons. The molecule has 0 unspecified atom stereocenters. The highest BCUT2D eigenvalue weighted by molar-refractivity contribution is 7.18. The second kappa shape index (κ2) is 4.57. The Hall–Kier alpha value is -1.62. The minimum Gasteiger partial charge on any atom is -0.480 e. The van der Waals surface area contributed by atoms with Crippen molar-refractivity contribution in [2.24, 2.45) is 0 Å². The highest BCUT2D eigenvalue weighted by Gasteiger charge is 2.20. The molecule has 5 heteroatoms. The van der Waals surface area contributed by atoms with E-state index >= 15 is 0 Å². The van der Waals surface area contributed by atoms with Gasteiger partial charge in [0.2, 0.25) is 0 Å². The number of carboxylic acid groups (broad SMARTS) is 1. The third-order valence-electron chi connectivity index (χ3n) is 2.37. The average molecular weight is 265 g/mol. The van der Waals surface area contributed by atoms with Gasteiger partial charge in [-0.15, -0.1) is 11.3 Å². The largest absolute Gasteiger partial charge is 0.480 e. The molecule has 1 N–H and O–H groups in total. The Morgan fingerprint density at radius 1 is 1.44 bits per heavy atom. The molecule has 1 heterocycles. The molecule has 0 amide bonds. The molecule has 1 aromatic heterocycles. The summed E-state index contributed by atoms with van der Waals surface area (Å²) in [5.41, 5.74) is 0.724. The molecule has 0 saturated carbocycles. The lowest BCUT2D eigenvalue weighted by Gasteiger charge is -2.13. The van der Waals surface area contributed by atoms with Crippen molar-refractivity contribution >= 4 is 27.5 Å². The summed E-state index contributed by atoms with van der Waals surface area (Å²) in [5.74, 6) is -0.458. The standard InChI is InChI=1S/C13H15NO3S/c1-13(2,3)12-14-11-8(17-7-10(15)16)5-4-6-9(11)18-12/h4-6H,7H2,1-3H3,(H,15,16). The molecule has 2 aromatic rings. The van der Waals surface area contributed by atoms with E-state index in [1.54, 1.807) is 17.4 Å². The van der Waals surface area contributed by atoms with Crippen LogP contribution in [0.4, 0.5) is 0 Å². The van der Waals surface area contributed by atoms with E-state index in [0.29, 0.717) is 5.75 Å². The number of ether oxygens (including phenoxy) is 1. The van der Waals surface area contributed by atoms with Crippen molar-refractivity contribution in [2.45, 2.75) is 26.2 Å². The Bertz CT molecular complexity index is 583. The summed E-state index contributed by atoms with van der Waals surface area (Å²) in [6.07, 6.45) is 0. The van der Waals surface area contributed by atoms with Crippen LogP contribution in [0.25, 0.3) is 10.2 Å². The first-order valence-corrected chi connectivity index (χ1v) is 6.44. The highest BCUT2D eigenvalue weighted by Crippen LogP contribution is 2.35. The second-order valence-corrected chi connectivity index (χ2v) is 6.08. The van der Waals surface area contributed by atoms with Crippen molar-refractivity contribution in [1.29, 1.82) is 0 Å². The van der Waals surface area contributed by atoms with Crippen LogP contribution < -0.4 is 4.74 Å². The van der Waals surface area contributed by atoms with Crippen LogP contribution in [0.5, 0.6) is 5.75 Å². The number of rotatable bonds is 3. The average Bonchev–Trinajstić information content (AvgIpc) is 2.69. The zero-order chi connectivity index (χ0) is 13.3. The number of carbonyl (C=O) groups is 1. The van der Waals surface area contributed by atoms with E-state index in [0.717, 1.165) is 15.2 Å². The quantitative estimate of drug-likeness (QED) is 0.926. The fourth-order valence-corrected chi connectivity index (χ4v) is 2.54. The van der Waals surface area contributed by atoms with Crippen molar-refractivity contribution in [3.63, 3.8) is 0 Å². The normalized spacial score (nSPS) is 11.7. The molecule has 2 rings (SSSR count). The van der Waals surface area contributed by atoms with Gasteiger partial charge in [-0.25, -0.2) is 9.78 Å². The molecular formula is C13H15NO3S. The van der Waals surface area contributed by atoms with Crippen LogP contribution in [0.2, 0.25) is 0 Å². The summed E-state index contributed by atoms with van der Waals surface area (Å²) in [5, 5.41) is 9.66. The van der Waals surface area contributed by atoms with Crippen LogP contribution >= 0.6 is 11.3 Å². The van der Waals surface area contributed by atoms with Crippen molar-refractivity contribution in [3.8, 4) is 5.75 Å². The van der Waals surface area contributed by atoms with E-state index in [1.807, 2.05) is 12.1 Å². The lowest BCUT2D eigenvalue weighted by Crippen LogP contribution is -2.11. The number of thiazole rings is 1. The van der Waals surface area contributed by atoms with Gasteiger partial charge in [-0.3, -0.25) is 0 Å². The summed E-state index contributed by atoms with van der Waals surface area (Å²) in [4.78, 5) is 15.1. The summed E-state index contributed by atoms with van der Waals surface area (Å²) in [6.45, 7) is 5.95. The number of benzene rings is 1. The molecule has 0 bridgehead atoms. The van der Waals surface area contributed by atoms with Crippen LogP contribution in [0.1, 0.15) is 25.8 Å². The van der Waals surface area contributed by atoms with Crippen LogP contribution in [-0.4, -0.2) is 22.7 Å². The molecular weight excluding hydrogens is 250 g/mol. The molecule has 4 nitrogen and oxygen atoms in total. The third-order valence-corrected chi connectivity index (χ3v) is 3.82. The SMILES string of the molecule is CC(C)(C)c1nc2c(OCC(=O)O)cccc2s1. The van der Waals surface area contributed by atoms with E-state index in [-0.39, 0.29) is 12.0 Å². The van der Waals surface area contributed by atoms with Gasteiger partial charge in [0.05, 0.1) is 9.71 Å². The molecule has 0 saturated heterocycles. The summed E-state index contributed by atoms with van der Waals surface area (Å²) in [6, 6.07) is 5.57. The van der Waals surface area contributed by atoms with Crippen LogP contribution in [-0.2, 0) is 10.2 Å². The Balaban J connectivity index is 2.42. The number of aliphatic carboxylic acids is 1. The van der Waals surface area contributed by atoms with Crippen molar-refractivity contribution in [1.82, 2.24) is 4.98 Å². The Morgan fingerprint density at radius 2 is 2.17 bits per heavy atom. The molecule has 0 spiro atoms. The lowest BCUT2D eigenvalue weighted by atomic mass is 9.98. The van der Waals surface area contributed by atoms with Gasteiger partial charge < -0.3 is 9.84 Å². The number of aromatic nitrogens is 1. The smallest absolute Gasteiger partial charge is 0.341 e. The third kappa shape index (κ3) is 2.61. The van der Waals surface area contributed by atoms with Gasteiger partial charge >= 0.3 is 5.97 Å². The maximum atomic E-state index is 10.5. The fraction of sp³-hybridized carbons (Fsp3) is 0.385. The molecule has 18 heavy (non-hydrogen) atoms. The van der Waals surface area contributed by atoms with Crippen LogP contribution in [0, 0.1) is 0 Å². The summed E-state index contributed by atoms with van der Waals surface area (Å²) < 4.78 is 6.27. The fourth-order valence-electron chi connectivity index (χ4n) is 1.50. The Morgan fingerprint density at radius 3 is 2.78 bits per heavy atom. The Labute approximate surface area is 109 Å². The first kappa shape index (κ1) is 12.8. The highest BCUT2D eigenvalue weighted by atomic mass is 32.1. The first-order chi connectivity index (χ1) is 8.38. The van der Waals surface area contributed by atoms with E-state index in [9.17, 15) is 4.79 Å². The maximum absolute atomic E-state index is 10.5. The van der Waals surface area contributed by atoms with E-state index in [1.165, 1.54) is 0 Å².